The molecule has 1 heterocycles. The number of hydrogen-bond acceptors (Lipinski definition) is 2. The Morgan fingerprint density at radius 1 is 1.31 bits per heavy atom. The van der Waals surface area contributed by atoms with Crippen molar-refractivity contribution in [3.05, 3.63) is 35.6 Å². The van der Waals surface area contributed by atoms with Gasteiger partial charge in [0.25, 0.3) is 0 Å². The van der Waals surface area contributed by atoms with E-state index in [0.29, 0.717) is 5.92 Å². The average molecular weight is 217 g/mol. The van der Waals surface area contributed by atoms with Crippen molar-refractivity contribution in [3.63, 3.8) is 0 Å². The van der Waals surface area contributed by atoms with Crippen LogP contribution in [-0.2, 0) is 6.42 Å². The molecule has 0 saturated carbocycles. The molecule has 0 amide bonds. The summed E-state index contributed by atoms with van der Waals surface area (Å²) >= 11 is 0. The molecule has 0 aliphatic rings. The molecule has 16 heavy (non-hydrogen) atoms. The van der Waals surface area contributed by atoms with E-state index in [9.17, 15) is 0 Å². The standard InChI is InChI=1S/C14H19NO/c1-10-4-5-14-12(6-10)8-13(16-14)7-11(2)9-15-3/h4-6,8,11,15H,7,9H2,1-3H3. The summed E-state index contributed by atoms with van der Waals surface area (Å²) < 4.78 is 5.81. The topological polar surface area (TPSA) is 25.2 Å². The van der Waals surface area contributed by atoms with Gasteiger partial charge in [0.15, 0.2) is 0 Å². The van der Waals surface area contributed by atoms with Gasteiger partial charge in [0.05, 0.1) is 0 Å². The maximum absolute atomic E-state index is 5.81. The highest BCUT2D eigenvalue weighted by Crippen LogP contribution is 2.22. The van der Waals surface area contributed by atoms with Gasteiger partial charge in [0, 0.05) is 11.8 Å². The Hall–Kier alpha value is -1.28. The number of hydrogen-bond donors (Lipinski definition) is 1. The molecule has 1 aromatic heterocycles. The highest BCUT2D eigenvalue weighted by Gasteiger charge is 2.08. The lowest BCUT2D eigenvalue weighted by molar-refractivity contribution is 0.466. The van der Waals surface area contributed by atoms with E-state index in [4.69, 9.17) is 4.42 Å². The largest absolute Gasteiger partial charge is 0.461 e. The molecule has 1 N–H and O–H groups in total. The Balaban J connectivity index is 2.19. The molecular formula is C14H19NO. The monoisotopic (exact) mass is 217 g/mol. The summed E-state index contributed by atoms with van der Waals surface area (Å²) in [4.78, 5) is 0. The first-order valence-corrected chi connectivity index (χ1v) is 5.82. The predicted octanol–water partition coefficient (Wildman–Crippen LogP) is 3.14. The molecule has 0 fully saturated rings. The van der Waals surface area contributed by atoms with E-state index in [1.807, 2.05) is 7.05 Å². The van der Waals surface area contributed by atoms with Crippen molar-refractivity contribution in [1.82, 2.24) is 5.32 Å². The van der Waals surface area contributed by atoms with Crippen molar-refractivity contribution >= 4 is 11.0 Å². The molecule has 2 nitrogen and oxygen atoms in total. The molecule has 0 aliphatic carbocycles. The van der Waals surface area contributed by atoms with Crippen LogP contribution in [0, 0.1) is 12.8 Å². The van der Waals surface area contributed by atoms with Crippen molar-refractivity contribution in [2.75, 3.05) is 13.6 Å². The summed E-state index contributed by atoms with van der Waals surface area (Å²) in [6.07, 6.45) is 0.995. The Morgan fingerprint density at radius 3 is 2.88 bits per heavy atom. The smallest absolute Gasteiger partial charge is 0.134 e. The maximum atomic E-state index is 5.81. The molecule has 1 aromatic carbocycles. The van der Waals surface area contributed by atoms with E-state index in [1.54, 1.807) is 0 Å². The normalized spacial score (nSPS) is 13.2. The number of benzene rings is 1. The summed E-state index contributed by atoms with van der Waals surface area (Å²) in [6, 6.07) is 8.48. The highest BCUT2D eigenvalue weighted by atomic mass is 16.3. The molecule has 0 aliphatic heterocycles. The van der Waals surface area contributed by atoms with Crippen LogP contribution in [0.1, 0.15) is 18.2 Å². The molecule has 86 valence electrons. The fourth-order valence-electron chi connectivity index (χ4n) is 2.08. The number of rotatable bonds is 4. The Kier molecular flexibility index (Phi) is 3.30. The van der Waals surface area contributed by atoms with Crippen LogP contribution in [0.4, 0.5) is 0 Å². The van der Waals surface area contributed by atoms with E-state index in [-0.39, 0.29) is 0 Å². The van der Waals surface area contributed by atoms with Gasteiger partial charge in [-0.25, -0.2) is 0 Å². The molecule has 2 rings (SSSR count). The molecule has 0 bridgehead atoms. The average Bonchev–Trinajstić information content (AvgIpc) is 2.59. The van der Waals surface area contributed by atoms with Gasteiger partial charge in [0.1, 0.15) is 11.3 Å². The molecule has 1 atom stereocenters. The van der Waals surface area contributed by atoms with Crippen LogP contribution < -0.4 is 5.32 Å². The zero-order valence-electron chi connectivity index (χ0n) is 10.2. The van der Waals surface area contributed by atoms with E-state index in [1.165, 1.54) is 10.9 Å². The first kappa shape index (κ1) is 11.2. The summed E-state index contributed by atoms with van der Waals surface area (Å²) in [5, 5.41) is 4.40. The fraction of sp³-hybridized carbons (Fsp3) is 0.429. The van der Waals surface area contributed by atoms with Crippen molar-refractivity contribution in [3.8, 4) is 0 Å². The summed E-state index contributed by atoms with van der Waals surface area (Å²) in [5.41, 5.74) is 2.28. The lowest BCUT2D eigenvalue weighted by Crippen LogP contribution is -2.17. The second kappa shape index (κ2) is 4.71. The lowest BCUT2D eigenvalue weighted by atomic mass is 10.1. The first-order chi connectivity index (χ1) is 7.69. The zero-order valence-corrected chi connectivity index (χ0v) is 10.2. The molecule has 2 aromatic rings. The van der Waals surface area contributed by atoms with Crippen LogP contribution in [0.15, 0.2) is 28.7 Å². The number of furan rings is 1. The molecule has 0 radical (unpaired) electrons. The van der Waals surface area contributed by atoms with Crippen molar-refractivity contribution < 1.29 is 4.42 Å². The molecule has 2 heteroatoms. The van der Waals surface area contributed by atoms with Crippen LogP contribution in [-0.4, -0.2) is 13.6 Å². The summed E-state index contributed by atoms with van der Waals surface area (Å²) in [6.45, 7) is 5.36. The van der Waals surface area contributed by atoms with Gasteiger partial charge in [-0.1, -0.05) is 18.6 Å². The Morgan fingerprint density at radius 2 is 2.12 bits per heavy atom. The fourth-order valence-corrected chi connectivity index (χ4v) is 2.08. The van der Waals surface area contributed by atoms with Crippen LogP contribution in [0.2, 0.25) is 0 Å². The quantitative estimate of drug-likeness (QED) is 0.851. The summed E-state index contributed by atoms with van der Waals surface area (Å²) in [5.74, 6) is 1.69. The van der Waals surface area contributed by atoms with Crippen LogP contribution >= 0.6 is 0 Å². The molecular weight excluding hydrogens is 198 g/mol. The van der Waals surface area contributed by atoms with Crippen LogP contribution in [0.25, 0.3) is 11.0 Å². The zero-order chi connectivity index (χ0) is 11.5. The molecule has 1 unspecified atom stereocenters. The van der Waals surface area contributed by atoms with Gasteiger partial charge in [-0.15, -0.1) is 0 Å². The number of aryl methyl sites for hydroxylation is 1. The van der Waals surface area contributed by atoms with E-state index < -0.39 is 0 Å². The second-order valence-corrected chi connectivity index (χ2v) is 4.62. The second-order valence-electron chi connectivity index (χ2n) is 4.62. The Labute approximate surface area is 96.6 Å². The van der Waals surface area contributed by atoms with E-state index in [0.717, 1.165) is 24.3 Å². The highest BCUT2D eigenvalue weighted by molar-refractivity contribution is 5.78. The van der Waals surface area contributed by atoms with E-state index >= 15 is 0 Å². The van der Waals surface area contributed by atoms with Crippen molar-refractivity contribution in [2.45, 2.75) is 20.3 Å². The van der Waals surface area contributed by atoms with Crippen LogP contribution in [0.5, 0.6) is 0 Å². The van der Waals surface area contributed by atoms with Gasteiger partial charge < -0.3 is 9.73 Å². The number of fused-ring (bicyclic) bond motifs is 1. The third kappa shape index (κ3) is 2.45. The van der Waals surface area contributed by atoms with Gasteiger partial charge in [-0.2, -0.15) is 0 Å². The van der Waals surface area contributed by atoms with Gasteiger partial charge in [-0.05, 0) is 44.6 Å². The van der Waals surface area contributed by atoms with Crippen molar-refractivity contribution in [1.29, 1.82) is 0 Å². The third-order valence-electron chi connectivity index (χ3n) is 2.83. The minimum Gasteiger partial charge on any atom is -0.461 e. The van der Waals surface area contributed by atoms with Crippen molar-refractivity contribution in [2.24, 2.45) is 5.92 Å². The van der Waals surface area contributed by atoms with Gasteiger partial charge in [0.2, 0.25) is 0 Å². The molecule has 0 saturated heterocycles. The summed E-state index contributed by atoms with van der Waals surface area (Å²) in [7, 11) is 1.98. The first-order valence-electron chi connectivity index (χ1n) is 5.82. The van der Waals surface area contributed by atoms with Gasteiger partial charge >= 0.3 is 0 Å². The van der Waals surface area contributed by atoms with Gasteiger partial charge in [-0.3, -0.25) is 0 Å². The minimum atomic E-state index is 0.603. The minimum absolute atomic E-state index is 0.603. The Bertz CT molecular complexity index is 473. The third-order valence-corrected chi connectivity index (χ3v) is 2.83. The number of nitrogens with one attached hydrogen (secondary N) is 1. The van der Waals surface area contributed by atoms with E-state index in [2.05, 4.69) is 43.4 Å². The SMILES string of the molecule is CNCC(C)Cc1cc2cc(C)ccc2o1. The maximum Gasteiger partial charge on any atom is 0.134 e. The predicted molar refractivity (Wildman–Crippen MR) is 67.7 cm³/mol. The van der Waals surface area contributed by atoms with Crippen LogP contribution in [0.3, 0.4) is 0 Å². The molecule has 0 spiro atoms. The lowest BCUT2D eigenvalue weighted by Gasteiger charge is -2.07.